The molecule has 0 spiro atoms. The lowest BCUT2D eigenvalue weighted by atomic mass is 10.1. The Morgan fingerprint density at radius 1 is 1.17 bits per heavy atom. The minimum Gasteiger partial charge on any atom is -0.465 e. The van der Waals surface area contributed by atoms with E-state index >= 15 is 0 Å². The van der Waals surface area contributed by atoms with Crippen molar-refractivity contribution in [2.75, 3.05) is 20.7 Å². The average molecular weight is 426 g/mol. The van der Waals surface area contributed by atoms with Crippen molar-refractivity contribution in [1.29, 1.82) is 0 Å². The van der Waals surface area contributed by atoms with E-state index in [4.69, 9.17) is 0 Å². The van der Waals surface area contributed by atoms with Gasteiger partial charge in [0.25, 0.3) is 0 Å². The highest BCUT2D eigenvalue weighted by molar-refractivity contribution is 8.15. The summed E-state index contributed by atoms with van der Waals surface area (Å²) in [7, 11) is 2.96. The summed E-state index contributed by atoms with van der Waals surface area (Å²) < 4.78 is 4.68. The Hall–Kier alpha value is -3.13. The fourth-order valence-corrected chi connectivity index (χ4v) is 3.98. The van der Waals surface area contributed by atoms with E-state index in [-0.39, 0.29) is 18.2 Å². The number of ether oxygens (including phenoxy) is 1. The monoisotopic (exact) mass is 425 g/mol. The van der Waals surface area contributed by atoms with Gasteiger partial charge in [-0.2, -0.15) is 0 Å². The Balaban J connectivity index is 1.64. The van der Waals surface area contributed by atoms with Crippen LogP contribution in [0, 0.1) is 0 Å². The summed E-state index contributed by atoms with van der Waals surface area (Å²) in [4.78, 5) is 42.4. The molecule has 3 rings (SSSR count). The summed E-state index contributed by atoms with van der Waals surface area (Å²) >= 11 is 1.26. The van der Waals surface area contributed by atoms with Crippen molar-refractivity contribution in [2.24, 2.45) is 4.99 Å². The molecule has 1 fully saturated rings. The Kier molecular flexibility index (Phi) is 7.24. The number of amides is 2. The molecular formula is C22H23N3O4S. The molecule has 1 saturated heterocycles. The van der Waals surface area contributed by atoms with Crippen LogP contribution in [-0.2, 0) is 20.7 Å². The molecule has 2 aromatic rings. The van der Waals surface area contributed by atoms with Crippen LogP contribution in [-0.4, -0.2) is 53.8 Å². The molecule has 0 radical (unpaired) electrons. The van der Waals surface area contributed by atoms with Crippen LogP contribution in [0.4, 0.5) is 5.69 Å². The summed E-state index contributed by atoms with van der Waals surface area (Å²) in [6.07, 6.45) is 0.851. The Labute approximate surface area is 179 Å². The van der Waals surface area contributed by atoms with Gasteiger partial charge in [0.05, 0.1) is 23.6 Å². The van der Waals surface area contributed by atoms with Crippen LogP contribution in [0.3, 0.4) is 0 Å². The standard InChI is InChI=1S/C22H23N3O4S/c1-25-19(26)14-18(20(27)23-13-12-15-6-4-3-5-7-15)30-22(25)24-17-10-8-16(9-11-17)21(28)29-2/h3-11,18H,12-14H2,1-2H3,(H,23,27)/t18-/m0/s1. The number of thioether (sulfide) groups is 1. The molecule has 1 heterocycles. The Morgan fingerprint density at radius 2 is 1.87 bits per heavy atom. The summed E-state index contributed by atoms with van der Waals surface area (Å²) in [5, 5.41) is 2.82. The lowest BCUT2D eigenvalue weighted by Gasteiger charge is -2.28. The summed E-state index contributed by atoms with van der Waals surface area (Å²) in [5.41, 5.74) is 2.13. The van der Waals surface area contributed by atoms with Crippen molar-refractivity contribution in [2.45, 2.75) is 18.1 Å². The fraction of sp³-hybridized carbons (Fsp3) is 0.273. The molecular weight excluding hydrogens is 402 g/mol. The van der Waals surface area contributed by atoms with E-state index in [0.29, 0.717) is 23.0 Å². The smallest absolute Gasteiger partial charge is 0.337 e. The molecule has 0 bridgehead atoms. The fourth-order valence-electron chi connectivity index (χ4n) is 2.89. The van der Waals surface area contributed by atoms with Gasteiger partial charge < -0.3 is 10.1 Å². The molecule has 30 heavy (non-hydrogen) atoms. The molecule has 8 heteroatoms. The molecule has 1 N–H and O–H groups in total. The number of esters is 1. The van der Waals surface area contributed by atoms with E-state index in [1.165, 1.54) is 23.8 Å². The largest absolute Gasteiger partial charge is 0.465 e. The molecule has 0 unspecified atom stereocenters. The molecule has 1 aliphatic rings. The van der Waals surface area contributed by atoms with Gasteiger partial charge in [0.1, 0.15) is 0 Å². The first kappa shape index (κ1) is 21.6. The first-order valence-corrected chi connectivity index (χ1v) is 10.4. The van der Waals surface area contributed by atoms with Gasteiger partial charge in [0.15, 0.2) is 5.17 Å². The van der Waals surface area contributed by atoms with Crippen LogP contribution >= 0.6 is 11.8 Å². The number of amidine groups is 1. The second-order valence-electron chi connectivity index (χ2n) is 6.72. The number of benzene rings is 2. The van der Waals surface area contributed by atoms with Crippen LogP contribution in [0.1, 0.15) is 22.3 Å². The van der Waals surface area contributed by atoms with Gasteiger partial charge in [-0.15, -0.1) is 0 Å². The van der Waals surface area contributed by atoms with E-state index in [1.54, 1.807) is 31.3 Å². The lowest BCUT2D eigenvalue weighted by molar-refractivity contribution is -0.129. The number of carbonyl (C=O) groups is 3. The predicted molar refractivity (Wildman–Crippen MR) is 117 cm³/mol. The zero-order valence-electron chi connectivity index (χ0n) is 16.8. The third-order valence-corrected chi connectivity index (χ3v) is 5.87. The third-order valence-electron chi connectivity index (χ3n) is 4.63. The molecule has 0 aliphatic carbocycles. The van der Waals surface area contributed by atoms with Gasteiger partial charge in [0.2, 0.25) is 11.8 Å². The molecule has 1 atom stereocenters. The second-order valence-corrected chi connectivity index (χ2v) is 7.89. The van der Waals surface area contributed by atoms with Crippen LogP contribution in [0.15, 0.2) is 59.6 Å². The highest BCUT2D eigenvalue weighted by Crippen LogP contribution is 2.28. The minimum atomic E-state index is -0.530. The maximum atomic E-state index is 12.6. The van der Waals surface area contributed by atoms with Crippen molar-refractivity contribution in [3.8, 4) is 0 Å². The first-order chi connectivity index (χ1) is 14.5. The minimum absolute atomic E-state index is 0.124. The van der Waals surface area contributed by atoms with Crippen molar-refractivity contribution in [3.05, 3.63) is 65.7 Å². The van der Waals surface area contributed by atoms with Crippen LogP contribution < -0.4 is 5.32 Å². The average Bonchev–Trinajstić information content (AvgIpc) is 2.77. The van der Waals surface area contributed by atoms with Crippen LogP contribution in [0.2, 0.25) is 0 Å². The summed E-state index contributed by atoms with van der Waals surface area (Å²) in [6, 6.07) is 16.4. The maximum Gasteiger partial charge on any atom is 0.337 e. The molecule has 0 saturated carbocycles. The molecule has 0 aromatic heterocycles. The molecule has 2 amide bonds. The van der Waals surface area contributed by atoms with Gasteiger partial charge in [-0.05, 0) is 36.2 Å². The highest BCUT2D eigenvalue weighted by atomic mass is 32.2. The SMILES string of the molecule is COC(=O)c1ccc(N=C2S[C@H](C(=O)NCCc3ccccc3)CC(=O)N2C)cc1. The Morgan fingerprint density at radius 3 is 2.53 bits per heavy atom. The van der Waals surface area contributed by atoms with Crippen molar-refractivity contribution in [1.82, 2.24) is 10.2 Å². The van der Waals surface area contributed by atoms with Gasteiger partial charge in [0, 0.05) is 20.0 Å². The quantitative estimate of drug-likeness (QED) is 0.719. The van der Waals surface area contributed by atoms with E-state index < -0.39 is 11.2 Å². The van der Waals surface area contributed by atoms with Crippen molar-refractivity contribution >= 4 is 40.4 Å². The van der Waals surface area contributed by atoms with E-state index in [2.05, 4.69) is 15.0 Å². The van der Waals surface area contributed by atoms with E-state index in [0.717, 1.165) is 12.0 Å². The van der Waals surface area contributed by atoms with E-state index in [1.807, 2.05) is 30.3 Å². The van der Waals surface area contributed by atoms with Gasteiger partial charge in [-0.3, -0.25) is 14.5 Å². The van der Waals surface area contributed by atoms with Crippen LogP contribution in [0.5, 0.6) is 0 Å². The third kappa shape index (κ3) is 5.48. The number of hydrogen-bond acceptors (Lipinski definition) is 6. The molecule has 1 aliphatic heterocycles. The van der Waals surface area contributed by atoms with Gasteiger partial charge in [-0.1, -0.05) is 42.1 Å². The number of aliphatic imine (C=N–C) groups is 1. The van der Waals surface area contributed by atoms with Crippen molar-refractivity contribution < 1.29 is 19.1 Å². The topological polar surface area (TPSA) is 88.1 Å². The predicted octanol–water partition coefficient (Wildman–Crippen LogP) is 2.78. The number of hydrogen-bond donors (Lipinski definition) is 1. The van der Waals surface area contributed by atoms with Gasteiger partial charge in [-0.25, -0.2) is 9.79 Å². The summed E-state index contributed by atoms with van der Waals surface area (Å²) in [5.74, 6) is -0.770. The molecule has 156 valence electrons. The number of nitrogens with zero attached hydrogens (tertiary/aromatic N) is 2. The maximum absolute atomic E-state index is 12.6. The summed E-state index contributed by atoms with van der Waals surface area (Å²) in [6.45, 7) is 0.505. The molecule has 7 nitrogen and oxygen atoms in total. The normalized spacial score (nSPS) is 17.7. The van der Waals surface area contributed by atoms with Crippen LogP contribution in [0.25, 0.3) is 0 Å². The number of nitrogens with one attached hydrogen (secondary N) is 1. The molecule has 2 aromatic carbocycles. The zero-order valence-corrected chi connectivity index (χ0v) is 17.6. The zero-order chi connectivity index (χ0) is 21.5. The van der Waals surface area contributed by atoms with Gasteiger partial charge >= 0.3 is 5.97 Å². The lowest BCUT2D eigenvalue weighted by Crippen LogP contribution is -2.45. The Bertz CT molecular complexity index is 945. The number of rotatable bonds is 6. The number of carbonyl (C=O) groups excluding carboxylic acids is 3. The van der Waals surface area contributed by atoms with E-state index in [9.17, 15) is 14.4 Å². The van der Waals surface area contributed by atoms with Crippen molar-refractivity contribution in [3.63, 3.8) is 0 Å². The highest BCUT2D eigenvalue weighted by Gasteiger charge is 2.33. The second kappa shape index (κ2) is 10.1. The first-order valence-electron chi connectivity index (χ1n) is 9.50. The number of methoxy groups -OCH3 is 1.